The van der Waals surface area contributed by atoms with Crippen LogP contribution in [0.15, 0.2) is 30.3 Å². The highest BCUT2D eigenvalue weighted by Crippen LogP contribution is 2.41. The number of ether oxygens (including phenoxy) is 1. The zero-order valence-corrected chi connectivity index (χ0v) is 16.8. The average molecular weight is 402 g/mol. The highest BCUT2D eigenvalue weighted by Gasteiger charge is 2.40. The molecule has 1 aromatic carbocycles. The molecule has 1 saturated carbocycles. The van der Waals surface area contributed by atoms with Crippen LogP contribution in [-0.2, 0) is 22.6 Å². The fourth-order valence-corrected chi connectivity index (χ4v) is 4.81. The third-order valence-electron chi connectivity index (χ3n) is 5.36. The Kier molecular flexibility index (Phi) is 5.60. The molecule has 2 aliphatic rings. The van der Waals surface area contributed by atoms with Gasteiger partial charge in [0, 0.05) is 35.9 Å². The third kappa shape index (κ3) is 4.03. The van der Waals surface area contributed by atoms with Gasteiger partial charge in [0.25, 0.3) is 0 Å². The van der Waals surface area contributed by atoms with Crippen LogP contribution in [0.4, 0.5) is 4.39 Å². The van der Waals surface area contributed by atoms with Gasteiger partial charge < -0.3 is 4.74 Å². The van der Waals surface area contributed by atoms with Gasteiger partial charge in [0.05, 0.1) is 6.04 Å². The molecule has 0 spiro atoms. The van der Waals surface area contributed by atoms with Gasteiger partial charge in [0.2, 0.25) is 0 Å². The maximum absolute atomic E-state index is 14.5. The monoisotopic (exact) mass is 401 g/mol. The van der Waals surface area contributed by atoms with Gasteiger partial charge in [0.1, 0.15) is 5.82 Å². The first-order valence-corrected chi connectivity index (χ1v) is 10.7. The molecule has 0 amide bonds. The van der Waals surface area contributed by atoms with Gasteiger partial charge in [-0.15, -0.1) is 11.3 Å². The van der Waals surface area contributed by atoms with Crippen molar-refractivity contribution in [1.29, 1.82) is 0 Å². The van der Waals surface area contributed by atoms with Crippen LogP contribution in [0.2, 0.25) is 0 Å². The van der Waals surface area contributed by atoms with Crippen LogP contribution in [0.3, 0.4) is 0 Å². The Bertz CT molecular complexity index is 890. The van der Waals surface area contributed by atoms with Gasteiger partial charge in [-0.1, -0.05) is 25.1 Å². The molecule has 2 heterocycles. The Labute approximate surface area is 168 Å². The molecule has 0 bridgehead atoms. The van der Waals surface area contributed by atoms with Gasteiger partial charge in [-0.05, 0) is 43.4 Å². The zero-order valence-electron chi connectivity index (χ0n) is 15.9. The van der Waals surface area contributed by atoms with E-state index in [-0.39, 0.29) is 23.5 Å². The van der Waals surface area contributed by atoms with Crippen LogP contribution in [0.25, 0.3) is 0 Å². The highest BCUT2D eigenvalue weighted by molar-refractivity contribution is 7.14. The van der Waals surface area contributed by atoms with Crippen molar-refractivity contribution < 1.29 is 18.7 Å². The van der Waals surface area contributed by atoms with E-state index in [1.807, 2.05) is 13.0 Å². The molecule has 1 aliphatic carbocycles. The number of rotatable bonds is 7. The number of carbonyl (C=O) groups is 2. The lowest BCUT2D eigenvalue weighted by molar-refractivity contribution is -0.134. The Morgan fingerprint density at radius 1 is 1.32 bits per heavy atom. The highest BCUT2D eigenvalue weighted by atomic mass is 32.1. The molecule has 4 nitrogen and oxygen atoms in total. The number of benzene rings is 1. The van der Waals surface area contributed by atoms with Crippen LogP contribution in [0, 0.1) is 11.7 Å². The van der Waals surface area contributed by atoms with E-state index in [9.17, 15) is 14.0 Å². The molecule has 28 heavy (non-hydrogen) atoms. The normalized spacial score (nSPS) is 17.8. The predicted octanol–water partition coefficient (Wildman–Crippen LogP) is 4.67. The SMILES string of the molecule is CCCC(=O)Oc1cc2c(s1)CCN(C(C(=O)C1CC1)c1ccccc1F)C2. The van der Waals surface area contributed by atoms with Crippen molar-refractivity contribution in [3.8, 4) is 5.06 Å². The minimum absolute atomic E-state index is 0.0547. The summed E-state index contributed by atoms with van der Waals surface area (Å²) in [6.45, 7) is 3.19. The first-order valence-electron chi connectivity index (χ1n) is 9.91. The molecule has 1 atom stereocenters. The van der Waals surface area contributed by atoms with E-state index in [0.717, 1.165) is 31.2 Å². The Morgan fingerprint density at radius 2 is 2.11 bits per heavy atom. The van der Waals surface area contributed by atoms with Crippen molar-refractivity contribution >= 4 is 23.1 Å². The van der Waals surface area contributed by atoms with Crippen molar-refractivity contribution in [3.63, 3.8) is 0 Å². The molecular formula is C22H24FNO3S. The van der Waals surface area contributed by atoms with E-state index in [0.29, 0.717) is 30.1 Å². The molecular weight excluding hydrogens is 377 g/mol. The van der Waals surface area contributed by atoms with Crippen molar-refractivity contribution in [2.45, 2.75) is 51.6 Å². The summed E-state index contributed by atoms with van der Waals surface area (Å²) in [4.78, 5) is 28.1. The van der Waals surface area contributed by atoms with Crippen LogP contribution in [0.5, 0.6) is 5.06 Å². The number of hydrogen-bond acceptors (Lipinski definition) is 5. The summed E-state index contributed by atoms with van der Waals surface area (Å²) >= 11 is 1.50. The van der Waals surface area contributed by atoms with Crippen molar-refractivity contribution in [1.82, 2.24) is 4.90 Å². The van der Waals surface area contributed by atoms with E-state index in [2.05, 4.69) is 4.90 Å². The maximum Gasteiger partial charge on any atom is 0.311 e. The van der Waals surface area contributed by atoms with Gasteiger partial charge in [-0.2, -0.15) is 0 Å². The smallest absolute Gasteiger partial charge is 0.311 e. The molecule has 1 unspecified atom stereocenters. The number of fused-ring (bicyclic) bond motifs is 1. The lowest BCUT2D eigenvalue weighted by Gasteiger charge is -2.34. The fraction of sp³-hybridized carbons (Fsp3) is 0.455. The molecule has 1 aliphatic heterocycles. The summed E-state index contributed by atoms with van der Waals surface area (Å²) in [7, 11) is 0. The van der Waals surface area contributed by atoms with E-state index in [1.165, 1.54) is 22.3 Å². The molecule has 4 rings (SSSR count). The average Bonchev–Trinajstić information content (AvgIpc) is 3.44. The van der Waals surface area contributed by atoms with E-state index >= 15 is 0 Å². The van der Waals surface area contributed by atoms with Gasteiger partial charge >= 0.3 is 5.97 Å². The number of ketones is 1. The second-order valence-electron chi connectivity index (χ2n) is 7.56. The van der Waals surface area contributed by atoms with Crippen molar-refractivity contribution in [2.24, 2.45) is 5.92 Å². The maximum atomic E-state index is 14.5. The van der Waals surface area contributed by atoms with Gasteiger partial charge in [-0.3, -0.25) is 14.5 Å². The molecule has 6 heteroatoms. The van der Waals surface area contributed by atoms with Gasteiger partial charge in [0.15, 0.2) is 10.8 Å². The minimum Gasteiger partial charge on any atom is -0.415 e. The van der Waals surface area contributed by atoms with Crippen molar-refractivity contribution in [2.75, 3.05) is 6.54 Å². The Hall–Kier alpha value is -2.05. The predicted molar refractivity (Wildman–Crippen MR) is 106 cm³/mol. The van der Waals surface area contributed by atoms with E-state index in [4.69, 9.17) is 4.74 Å². The number of Topliss-reactive ketones (excluding diaryl/α,β-unsaturated/α-hetero) is 1. The van der Waals surface area contributed by atoms with E-state index < -0.39 is 6.04 Å². The number of carbonyl (C=O) groups excluding carboxylic acids is 2. The quantitative estimate of drug-likeness (QED) is 0.633. The molecule has 0 radical (unpaired) electrons. The van der Waals surface area contributed by atoms with E-state index in [1.54, 1.807) is 18.2 Å². The number of hydrogen-bond donors (Lipinski definition) is 0. The molecule has 2 aromatic rings. The first-order chi connectivity index (χ1) is 13.6. The summed E-state index contributed by atoms with van der Waals surface area (Å²) in [6, 6.07) is 7.95. The minimum atomic E-state index is -0.548. The molecule has 1 fully saturated rings. The summed E-state index contributed by atoms with van der Waals surface area (Å²) in [5.74, 6) is -0.365. The van der Waals surface area contributed by atoms with Gasteiger partial charge in [-0.25, -0.2) is 4.39 Å². The largest absolute Gasteiger partial charge is 0.415 e. The number of nitrogens with zero attached hydrogens (tertiary/aromatic N) is 1. The lowest BCUT2D eigenvalue weighted by Crippen LogP contribution is -2.38. The summed E-state index contributed by atoms with van der Waals surface area (Å²) in [6.07, 6.45) is 3.73. The van der Waals surface area contributed by atoms with Crippen LogP contribution in [-0.4, -0.2) is 23.2 Å². The standard InChI is InChI=1S/C22H24FNO3S/c1-2-5-19(25)27-20-12-15-13-24(11-10-18(15)28-20)21(22(26)14-8-9-14)16-6-3-4-7-17(16)23/h3-4,6-7,12,14,21H,2,5,8-11,13H2,1H3. The lowest BCUT2D eigenvalue weighted by atomic mass is 9.95. The topological polar surface area (TPSA) is 46.6 Å². The second kappa shape index (κ2) is 8.13. The number of halogens is 1. The number of esters is 1. The molecule has 1 aromatic heterocycles. The Morgan fingerprint density at radius 3 is 2.82 bits per heavy atom. The van der Waals surface area contributed by atoms with Crippen LogP contribution in [0.1, 0.15) is 54.7 Å². The zero-order chi connectivity index (χ0) is 19.7. The second-order valence-corrected chi connectivity index (χ2v) is 8.66. The number of thiophene rings is 1. The van der Waals surface area contributed by atoms with Crippen LogP contribution >= 0.6 is 11.3 Å². The first kappa shape index (κ1) is 19.3. The molecule has 148 valence electrons. The Balaban J connectivity index is 1.57. The molecule has 0 saturated heterocycles. The third-order valence-corrected chi connectivity index (χ3v) is 6.47. The summed E-state index contributed by atoms with van der Waals surface area (Å²) < 4.78 is 20.0. The van der Waals surface area contributed by atoms with Crippen molar-refractivity contribution in [3.05, 3.63) is 52.2 Å². The van der Waals surface area contributed by atoms with Crippen LogP contribution < -0.4 is 4.74 Å². The fourth-order valence-electron chi connectivity index (χ4n) is 3.78. The summed E-state index contributed by atoms with van der Waals surface area (Å²) in [5.41, 5.74) is 1.54. The molecule has 0 N–H and O–H groups in total. The summed E-state index contributed by atoms with van der Waals surface area (Å²) in [5, 5.41) is 0.612.